The second kappa shape index (κ2) is 5.46. The molecule has 0 radical (unpaired) electrons. The molecule has 1 aliphatic carbocycles. The van der Waals surface area contributed by atoms with Gasteiger partial charge < -0.3 is 10.6 Å². The molecule has 5 nitrogen and oxygen atoms in total. The van der Waals surface area contributed by atoms with Crippen LogP contribution in [-0.2, 0) is 6.42 Å². The number of H-pyrrole nitrogens is 1. The molecule has 3 N–H and O–H groups in total. The summed E-state index contributed by atoms with van der Waals surface area (Å²) in [4.78, 5) is 14.3. The fourth-order valence-corrected chi connectivity index (χ4v) is 2.92. The molecule has 5 heteroatoms. The summed E-state index contributed by atoms with van der Waals surface area (Å²) < 4.78 is 0. The molecule has 0 saturated heterocycles. The molecule has 0 unspecified atom stereocenters. The van der Waals surface area contributed by atoms with Gasteiger partial charge in [0.2, 0.25) is 0 Å². The molecular formula is C15H26N4O. The normalized spacial score (nSPS) is 19.0. The monoisotopic (exact) mass is 278 g/mol. The lowest BCUT2D eigenvalue weighted by atomic mass is 9.75. The Labute approximate surface area is 120 Å². The average molecular weight is 278 g/mol. The molecule has 1 fully saturated rings. The smallest absolute Gasteiger partial charge is 0.276 e. The molecule has 1 aromatic rings. The van der Waals surface area contributed by atoms with E-state index >= 15 is 0 Å². The van der Waals surface area contributed by atoms with Gasteiger partial charge in [-0.3, -0.25) is 9.89 Å². The van der Waals surface area contributed by atoms with Gasteiger partial charge >= 0.3 is 0 Å². The number of anilines is 1. The Morgan fingerprint density at radius 1 is 1.45 bits per heavy atom. The van der Waals surface area contributed by atoms with Crippen molar-refractivity contribution in [2.75, 3.05) is 12.8 Å². The van der Waals surface area contributed by atoms with Crippen LogP contribution in [0.5, 0.6) is 0 Å². The molecular weight excluding hydrogens is 252 g/mol. The zero-order valence-electron chi connectivity index (χ0n) is 13.0. The minimum absolute atomic E-state index is 0.0665. The minimum Gasteiger partial charge on any atom is -0.395 e. The highest BCUT2D eigenvalue weighted by Crippen LogP contribution is 2.37. The summed E-state index contributed by atoms with van der Waals surface area (Å²) in [5, 5.41) is 6.94. The summed E-state index contributed by atoms with van der Waals surface area (Å²) in [6.07, 6.45) is 5.19. The summed E-state index contributed by atoms with van der Waals surface area (Å²) in [5.74, 6) is -0.0665. The molecule has 1 saturated carbocycles. The maximum Gasteiger partial charge on any atom is 0.276 e. The topological polar surface area (TPSA) is 75.0 Å². The third-order valence-corrected chi connectivity index (χ3v) is 4.62. The minimum atomic E-state index is -0.0665. The molecule has 1 aliphatic rings. The number of aromatic nitrogens is 2. The van der Waals surface area contributed by atoms with Crippen LogP contribution in [0.15, 0.2) is 0 Å². The fraction of sp³-hybridized carbons (Fsp3) is 0.733. The Balaban J connectivity index is 2.07. The van der Waals surface area contributed by atoms with E-state index in [4.69, 9.17) is 5.73 Å². The third-order valence-electron chi connectivity index (χ3n) is 4.62. The van der Waals surface area contributed by atoms with E-state index in [-0.39, 0.29) is 5.91 Å². The lowest BCUT2D eigenvalue weighted by Gasteiger charge is -2.38. The van der Waals surface area contributed by atoms with Gasteiger partial charge in [-0.15, -0.1) is 0 Å². The Kier molecular flexibility index (Phi) is 4.06. The standard InChI is InChI=1S/C15H26N4O/c1-5-11-12(16)13(18-17-11)14(20)19(4)10-6-8-15(2,3)9-7-10/h10H,5-9,16H2,1-4H3,(H,17,18). The van der Waals surface area contributed by atoms with Crippen LogP contribution in [0, 0.1) is 5.41 Å². The van der Waals surface area contributed by atoms with Crippen LogP contribution in [0.1, 0.15) is 62.6 Å². The van der Waals surface area contributed by atoms with E-state index in [1.165, 1.54) is 0 Å². The van der Waals surface area contributed by atoms with Gasteiger partial charge in [0, 0.05) is 13.1 Å². The molecule has 20 heavy (non-hydrogen) atoms. The molecule has 0 spiro atoms. The quantitative estimate of drug-likeness (QED) is 0.892. The molecule has 0 aromatic carbocycles. The molecule has 1 aromatic heterocycles. The van der Waals surface area contributed by atoms with Crippen LogP contribution < -0.4 is 5.73 Å². The highest BCUT2D eigenvalue weighted by atomic mass is 16.2. The molecule has 0 bridgehead atoms. The average Bonchev–Trinajstić information content (AvgIpc) is 2.78. The van der Waals surface area contributed by atoms with Gasteiger partial charge in [0.1, 0.15) is 0 Å². The van der Waals surface area contributed by atoms with E-state index < -0.39 is 0 Å². The number of aryl methyl sites for hydroxylation is 1. The number of hydrogen-bond acceptors (Lipinski definition) is 3. The van der Waals surface area contributed by atoms with Crippen LogP contribution in [0.2, 0.25) is 0 Å². The molecule has 0 aliphatic heterocycles. The van der Waals surface area contributed by atoms with Crippen LogP contribution in [-0.4, -0.2) is 34.1 Å². The molecule has 2 rings (SSSR count). The first-order valence-electron chi connectivity index (χ1n) is 7.45. The number of rotatable bonds is 3. The summed E-state index contributed by atoms with van der Waals surface area (Å²) in [6, 6.07) is 0.303. The van der Waals surface area contributed by atoms with Crippen molar-refractivity contribution in [2.45, 2.75) is 58.9 Å². The van der Waals surface area contributed by atoms with Crippen molar-refractivity contribution in [2.24, 2.45) is 5.41 Å². The number of aromatic amines is 1. The van der Waals surface area contributed by atoms with Gasteiger partial charge in [-0.2, -0.15) is 5.10 Å². The van der Waals surface area contributed by atoms with Crippen LogP contribution in [0.25, 0.3) is 0 Å². The Morgan fingerprint density at radius 3 is 2.55 bits per heavy atom. The summed E-state index contributed by atoms with van der Waals surface area (Å²) in [5.41, 5.74) is 8.10. The number of nitrogens with one attached hydrogen (secondary N) is 1. The fourth-order valence-electron chi connectivity index (χ4n) is 2.92. The van der Waals surface area contributed by atoms with Crippen molar-refractivity contribution in [1.29, 1.82) is 0 Å². The van der Waals surface area contributed by atoms with E-state index in [1.54, 1.807) is 0 Å². The highest BCUT2D eigenvalue weighted by molar-refractivity contribution is 5.97. The first kappa shape index (κ1) is 14.9. The number of nitrogens with two attached hydrogens (primary N) is 1. The first-order valence-corrected chi connectivity index (χ1v) is 7.45. The van der Waals surface area contributed by atoms with Gasteiger partial charge in [-0.1, -0.05) is 20.8 Å². The second-order valence-electron chi connectivity index (χ2n) is 6.63. The zero-order valence-corrected chi connectivity index (χ0v) is 13.0. The van der Waals surface area contributed by atoms with E-state index in [1.807, 2.05) is 18.9 Å². The van der Waals surface area contributed by atoms with E-state index in [0.29, 0.717) is 22.8 Å². The van der Waals surface area contributed by atoms with Crippen molar-refractivity contribution in [3.8, 4) is 0 Å². The number of nitrogen functional groups attached to an aromatic ring is 1. The lowest BCUT2D eigenvalue weighted by Crippen LogP contribution is -2.41. The highest BCUT2D eigenvalue weighted by Gasteiger charge is 2.32. The predicted molar refractivity (Wildman–Crippen MR) is 80.5 cm³/mol. The van der Waals surface area contributed by atoms with Gasteiger partial charge in [0.25, 0.3) is 5.91 Å². The predicted octanol–water partition coefficient (Wildman–Crippen LogP) is 2.60. The van der Waals surface area contributed by atoms with Crippen LogP contribution in [0.4, 0.5) is 5.69 Å². The van der Waals surface area contributed by atoms with E-state index in [9.17, 15) is 4.79 Å². The number of nitrogens with zero attached hydrogens (tertiary/aromatic N) is 2. The summed E-state index contributed by atoms with van der Waals surface area (Å²) >= 11 is 0. The number of amides is 1. The van der Waals surface area contributed by atoms with Crippen molar-refractivity contribution in [3.63, 3.8) is 0 Å². The maximum absolute atomic E-state index is 12.5. The van der Waals surface area contributed by atoms with Gasteiger partial charge in [0.05, 0.1) is 11.4 Å². The summed E-state index contributed by atoms with van der Waals surface area (Å²) in [7, 11) is 1.87. The van der Waals surface area contributed by atoms with Crippen LogP contribution in [0.3, 0.4) is 0 Å². The lowest BCUT2D eigenvalue weighted by molar-refractivity contribution is 0.0630. The molecule has 1 amide bonds. The third kappa shape index (κ3) is 2.81. The molecule has 1 heterocycles. The first-order chi connectivity index (χ1) is 9.35. The van der Waals surface area contributed by atoms with E-state index in [2.05, 4.69) is 24.0 Å². The Hall–Kier alpha value is -1.52. The maximum atomic E-state index is 12.5. The van der Waals surface area contributed by atoms with E-state index in [0.717, 1.165) is 37.8 Å². The summed E-state index contributed by atoms with van der Waals surface area (Å²) in [6.45, 7) is 6.58. The van der Waals surface area contributed by atoms with Gasteiger partial charge in [-0.05, 0) is 37.5 Å². The zero-order chi connectivity index (χ0) is 14.9. The Bertz CT molecular complexity index is 482. The SMILES string of the molecule is CCc1[nH]nc(C(=O)N(C)C2CCC(C)(C)CC2)c1N. The van der Waals surface area contributed by atoms with Crippen molar-refractivity contribution in [1.82, 2.24) is 15.1 Å². The molecule has 112 valence electrons. The Morgan fingerprint density at radius 2 is 2.05 bits per heavy atom. The van der Waals surface area contributed by atoms with Crippen molar-refractivity contribution in [3.05, 3.63) is 11.4 Å². The molecule has 0 atom stereocenters. The van der Waals surface area contributed by atoms with Crippen LogP contribution >= 0.6 is 0 Å². The van der Waals surface area contributed by atoms with Crippen molar-refractivity contribution >= 4 is 11.6 Å². The largest absolute Gasteiger partial charge is 0.395 e. The second-order valence-corrected chi connectivity index (χ2v) is 6.63. The number of hydrogen-bond donors (Lipinski definition) is 2. The van der Waals surface area contributed by atoms with Gasteiger partial charge in [-0.25, -0.2) is 0 Å². The number of carbonyl (C=O) groups is 1. The van der Waals surface area contributed by atoms with Gasteiger partial charge in [0.15, 0.2) is 5.69 Å². The van der Waals surface area contributed by atoms with Crippen molar-refractivity contribution < 1.29 is 4.79 Å². The number of carbonyl (C=O) groups excluding carboxylic acids is 1.